The monoisotopic (exact) mass is 370 g/mol. The van der Waals surface area contributed by atoms with Crippen LogP contribution in [0, 0.1) is 10.1 Å². The number of sulfonamides is 1. The summed E-state index contributed by atoms with van der Waals surface area (Å²) < 4.78 is 26.8. The molecule has 9 heteroatoms. The van der Waals surface area contributed by atoms with Crippen LogP contribution < -0.4 is 10.0 Å². The molecule has 1 fully saturated rings. The Labute approximate surface area is 148 Å². The van der Waals surface area contributed by atoms with E-state index in [1.807, 2.05) is 0 Å². The lowest BCUT2D eigenvalue weighted by Crippen LogP contribution is -2.30. The summed E-state index contributed by atoms with van der Waals surface area (Å²) in [7, 11) is -3.76. The Bertz CT molecular complexity index is 700. The summed E-state index contributed by atoms with van der Waals surface area (Å²) in [5.74, 6) is 0. The molecule has 1 aromatic carbocycles. The van der Waals surface area contributed by atoms with Gasteiger partial charge < -0.3 is 10.2 Å². The van der Waals surface area contributed by atoms with Crippen LogP contribution in [0.1, 0.15) is 33.1 Å². The van der Waals surface area contributed by atoms with E-state index in [2.05, 4.69) is 14.9 Å². The molecular weight excluding hydrogens is 344 g/mol. The summed E-state index contributed by atoms with van der Waals surface area (Å²) in [5, 5.41) is 14.4. The van der Waals surface area contributed by atoms with Crippen LogP contribution in [0.5, 0.6) is 0 Å². The minimum atomic E-state index is -3.76. The first-order valence-corrected chi connectivity index (χ1v) is 10.0. The molecule has 0 unspecified atom stereocenters. The van der Waals surface area contributed by atoms with Gasteiger partial charge in [0, 0.05) is 18.7 Å². The van der Waals surface area contributed by atoms with Gasteiger partial charge in [-0.05, 0) is 64.9 Å². The van der Waals surface area contributed by atoms with Crippen LogP contribution in [0.3, 0.4) is 0 Å². The largest absolute Gasteiger partial charge is 0.379 e. The molecule has 1 aliphatic heterocycles. The lowest BCUT2D eigenvalue weighted by atomic mass is 10.2. The van der Waals surface area contributed by atoms with Crippen molar-refractivity contribution in [3.63, 3.8) is 0 Å². The molecule has 1 aliphatic rings. The summed E-state index contributed by atoms with van der Waals surface area (Å²) in [6, 6.07) is 3.67. The maximum absolute atomic E-state index is 12.2. The predicted molar refractivity (Wildman–Crippen MR) is 97.3 cm³/mol. The second kappa shape index (κ2) is 8.59. The number of nitrogens with one attached hydrogen (secondary N) is 2. The number of rotatable bonds is 9. The molecule has 0 bridgehead atoms. The topological polar surface area (TPSA) is 105 Å². The Hall–Kier alpha value is -1.71. The Morgan fingerprint density at radius 1 is 1.28 bits per heavy atom. The van der Waals surface area contributed by atoms with E-state index in [-0.39, 0.29) is 16.6 Å². The van der Waals surface area contributed by atoms with E-state index in [0.29, 0.717) is 12.2 Å². The average molecular weight is 370 g/mol. The van der Waals surface area contributed by atoms with Gasteiger partial charge in [0.1, 0.15) is 5.69 Å². The van der Waals surface area contributed by atoms with Gasteiger partial charge in [-0.2, -0.15) is 0 Å². The summed E-state index contributed by atoms with van der Waals surface area (Å²) in [4.78, 5) is 13.0. The van der Waals surface area contributed by atoms with Gasteiger partial charge >= 0.3 is 0 Å². The molecule has 140 valence electrons. The molecule has 1 saturated heterocycles. The normalized spacial score (nSPS) is 15.6. The second-order valence-electron chi connectivity index (χ2n) is 6.54. The van der Waals surface area contributed by atoms with Gasteiger partial charge in [0.25, 0.3) is 5.69 Å². The van der Waals surface area contributed by atoms with Gasteiger partial charge in [0.05, 0.1) is 9.82 Å². The van der Waals surface area contributed by atoms with Crippen LogP contribution >= 0.6 is 0 Å². The fourth-order valence-corrected chi connectivity index (χ4v) is 4.16. The minimum absolute atomic E-state index is 0.101. The van der Waals surface area contributed by atoms with E-state index in [1.54, 1.807) is 13.8 Å². The van der Waals surface area contributed by atoms with Gasteiger partial charge in [-0.1, -0.05) is 0 Å². The van der Waals surface area contributed by atoms with E-state index >= 15 is 0 Å². The number of hydrogen-bond acceptors (Lipinski definition) is 6. The maximum atomic E-state index is 12.2. The van der Waals surface area contributed by atoms with Crippen LogP contribution in [0.2, 0.25) is 0 Å². The average Bonchev–Trinajstić information content (AvgIpc) is 3.03. The standard InChI is InChI=1S/C16H26N4O4S/c1-13(2)18-25(23,24)14-6-7-15(16(12-14)20(21)22)17-8-5-11-19-9-3-4-10-19/h6-7,12-13,17-18H,3-5,8-11H2,1-2H3. The molecule has 25 heavy (non-hydrogen) atoms. The molecule has 0 saturated carbocycles. The van der Waals surface area contributed by atoms with Gasteiger partial charge in [-0.15, -0.1) is 0 Å². The predicted octanol–water partition coefficient (Wildman–Crippen LogP) is 2.18. The molecule has 1 heterocycles. The number of hydrogen-bond donors (Lipinski definition) is 2. The smallest absolute Gasteiger partial charge is 0.293 e. The first kappa shape index (κ1) is 19.6. The summed E-state index contributed by atoms with van der Waals surface area (Å²) in [6.07, 6.45) is 3.35. The van der Waals surface area contributed by atoms with Crippen molar-refractivity contribution in [3.8, 4) is 0 Å². The molecule has 0 spiro atoms. The van der Waals surface area contributed by atoms with Crippen LogP contribution in [0.4, 0.5) is 11.4 Å². The fourth-order valence-electron chi connectivity index (χ4n) is 2.89. The number of nitro benzene ring substituents is 1. The third kappa shape index (κ3) is 5.65. The molecule has 2 N–H and O–H groups in total. The van der Waals surface area contributed by atoms with E-state index in [9.17, 15) is 18.5 Å². The first-order chi connectivity index (χ1) is 11.8. The van der Waals surface area contributed by atoms with Gasteiger partial charge in [-0.3, -0.25) is 10.1 Å². The summed E-state index contributed by atoms with van der Waals surface area (Å²) in [5.41, 5.74) is 0.114. The molecule has 0 amide bonds. The maximum Gasteiger partial charge on any atom is 0.293 e. The zero-order valence-corrected chi connectivity index (χ0v) is 15.5. The van der Waals surface area contributed by atoms with E-state index in [0.717, 1.165) is 32.1 Å². The highest BCUT2D eigenvalue weighted by Crippen LogP contribution is 2.27. The molecule has 0 atom stereocenters. The minimum Gasteiger partial charge on any atom is -0.379 e. The number of nitrogens with zero attached hydrogens (tertiary/aromatic N) is 2. The highest BCUT2D eigenvalue weighted by Gasteiger charge is 2.22. The number of anilines is 1. The van der Waals surface area contributed by atoms with Crippen molar-refractivity contribution >= 4 is 21.4 Å². The van der Waals surface area contributed by atoms with Gasteiger partial charge in [0.15, 0.2) is 0 Å². The molecule has 8 nitrogen and oxygen atoms in total. The lowest BCUT2D eigenvalue weighted by Gasteiger charge is -2.15. The van der Waals surface area contributed by atoms with Crippen LogP contribution in [0.25, 0.3) is 0 Å². The molecule has 0 aliphatic carbocycles. The number of likely N-dealkylation sites (tertiary alicyclic amines) is 1. The van der Waals surface area contributed by atoms with Crippen molar-refractivity contribution in [2.24, 2.45) is 0 Å². The van der Waals surface area contributed by atoms with Crippen molar-refractivity contribution in [3.05, 3.63) is 28.3 Å². The van der Waals surface area contributed by atoms with Gasteiger partial charge in [0.2, 0.25) is 10.0 Å². The Morgan fingerprint density at radius 2 is 1.96 bits per heavy atom. The van der Waals surface area contributed by atoms with Crippen molar-refractivity contribution < 1.29 is 13.3 Å². The van der Waals surface area contributed by atoms with E-state index in [4.69, 9.17) is 0 Å². The van der Waals surface area contributed by atoms with Crippen LogP contribution in [0.15, 0.2) is 23.1 Å². The molecule has 1 aromatic rings. The van der Waals surface area contributed by atoms with Crippen molar-refractivity contribution in [2.45, 2.75) is 44.0 Å². The van der Waals surface area contributed by atoms with Crippen LogP contribution in [-0.4, -0.2) is 50.5 Å². The molecular formula is C16H26N4O4S. The summed E-state index contributed by atoms with van der Waals surface area (Å²) >= 11 is 0. The Balaban J connectivity index is 2.04. The van der Waals surface area contributed by atoms with Crippen molar-refractivity contribution in [1.82, 2.24) is 9.62 Å². The van der Waals surface area contributed by atoms with E-state index in [1.165, 1.54) is 25.0 Å². The second-order valence-corrected chi connectivity index (χ2v) is 8.26. The highest BCUT2D eigenvalue weighted by molar-refractivity contribution is 7.89. The van der Waals surface area contributed by atoms with E-state index < -0.39 is 14.9 Å². The number of nitro groups is 1. The zero-order valence-electron chi connectivity index (χ0n) is 14.7. The molecule has 2 rings (SSSR count). The van der Waals surface area contributed by atoms with Crippen LogP contribution in [-0.2, 0) is 10.0 Å². The quantitative estimate of drug-likeness (QED) is 0.392. The highest BCUT2D eigenvalue weighted by atomic mass is 32.2. The SMILES string of the molecule is CC(C)NS(=O)(=O)c1ccc(NCCCN2CCCC2)c([N+](=O)[O-])c1. The third-order valence-electron chi connectivity index (χ3n) is 4.03. The Morgan fingerprint density at radius 3 is 2.56 bits per heavy atom. The third-order valence-corrected chi connectivity index (χ3v) is 5.69. The zero-order chi connectivity index (χ0) is 18.4. The first-order valence-electron chi connectivity index (χ1n) is 8.56. The Kier molecular flexibility index (Phi) is 6.74. The lowest BCUT2D eigenvalue weighted by molar-refractivity contribution is -0.384. The number of benzene rings is 1. The summed E-state index contributed by atoms with van der Waals surface area (Å²) in [6.45, 7) is 7.20. The van der Waals surface area contributed by atoms with Crippen molar-refractivity contribution in [1.29, 1.82) is 0 Å². The van der Waals surface area contributed by atoms with Crippen molar-refractivity contribution in [2.75, 3.05) is 31.5 Å². The van der Waals surface area contributed by atoms with Gasteiger partial charge in [-0.25, -0.2) is 13.1 Å². The molecule has 0 radical (unpaired) electrons. The molecule has 0 aromatic heterocycles. The fraction of sp³-hybridized carbons (Fsp3) is 0.625.